The SMILES string of the molecule is N#Cc1c[nH]c(C(=O)Nc2ccc(C3CCN(CC(=O)OC(=O)C(F)(F)F)CC3)cc2C2=CCCCC2)n1. The number of hydrogen-bond acceptors (Lipinski definition) is 7. The minimum Gasteiger partial charge on any atom is -0.385 e. The number of ether oxygens (including phenoxy) is 1. The van der Waals surface area contributed by atoms with Crippen LogP contribution >= 0.6 is 0 Å². The number of anilines is 1. The maximum atomic E-state index is 12.8. The maximum Gasteiger partial charge on any atom is 0.491 e. The van der Waals surface area contributed by atoms with Crippen molar-refractivity contribution in [1.29, 1.82) is 5.26 Å². The number of H-pyrrole nitrogens is 1. The molecule has 0 radical (unpaired) electrons. The molecule has 1 amide bonds. The summed E-state index contributed by atoms with van der Waals surface area (Å²) in [7, 11) is 0. The van der Waals surface area contributed by atoms with E-state index in [0.29, 0.717) is 31.6 Å². The van der Waals surface area contributed by atoms with Crippen molar-refractivity contribution in [2.45, 2.75) is 50.6 Å². The van der Waals surface area contributed by atoms with E-state index in [4.69, 9.17) is 5.26 Å². The second-order valence-corrected chi connectivity index (χ2v) is 9.29. The monoisotopic (exact) mass is 529 g/mol. The van der Waals surface area contributed by atoms with E-state index >= 15 is 0 Å². The van der Waals surface area contributed by atoms with E-state index in [1.165, 1.54) is 6.20 Å². The molecule has 0 spiro atoms. The normalized spacial score (nSPS) is 16.8. The Morgan fingerprint density at radius 1 is 1.21 bits per heavy atom. The van der Waals surface area contributed by atoms with Gasteiger partial charge in [0.05, 0.1) is 6.54 Å². The molecule has 9 nitrogen and oxygen atoms in total. The molecule has 0 bridgehead atoms. The summed E-state index contributed by atoms with van der Waals surface area (Å²) in [5, 5.41) is 11.9. The first-order chi connectivity index (χ1) is 18.1. The number of aromatic nitrogens is 2. The van der Waals surface area contributed by atoms with Gasteiger partial charge in [0.15, 0.2) is 11.5 Å². The number of aromatic amines is 1. The molecule has 1 aromatic carbocycles. The Hall–Kier alpha value is -3.98. The Bertz CT molecular complexity index is 1290. The fraction of sp³-hybridized carbons (Fsp3) is 0.423. The van der Waals surface area contributed by atoms with Gasteiger partial charge in [-0.15, -0.1) is 0 Å². The van der Waals surface area contributed by atoms with E-state index < -0.39 is 30.6 Å². The van der Waals surface area contributed by atoms with Gasteiger partial charge in [0.25, 0.3) is 5.91 Å². The molecule has 38 heavy (non-hydrogen) atoms. The summed E-state index contributed by atoms with van der Waals surface area (Å²) < 4.78 is 40.8. The molecule has 4 rings (SSSR count). The number of piperidine rings is 1. The lowest BCUT2D eigenvalue weighted by Gasteiger charge is -2.32. The van der Waals surface area contributed by atoms with Gasteiger partial charge in [-0.1, -0.05) is 12.1 Å². The number of halogens is 3. The molecule has 2 N–H and O–H groups in total. The lowest BCUT2D eigenvalue weighted by Crippen LogP contribution is -2.39. The van der Waals surface area contributed by atoms with Gasteiger partial charge >= 0.3 is 18.1 Å². The number of alkyl halides is 3. The van der Waals surface area contributed by atoms with Crippen LogP contribution in [0.4, 0.5) is 18.9 Å². The van der Waals surface area contributed by atoms with Crippen LogP contribution in [0.3, 0.4) is 0 Å². The number of amides is 1. The second kappa shape index (κ2) is 11.6. The third kappa shape index (κ3) is 6.66. The highest BCUT2D eigenvalue weighted by Gasteiger charge is 2.42. The molecule has 200 valence electrons. The predicted octanol–water partition coefficient (Wildman–Crippen LogP) is 4.30. The number of benzene rings is 1. The van der Waals surface area contributed by atoms with Crippen LogP contribution in [-0.2, 0) is 14.3 Å². The molecular formula is C26H26F3N5O4. The number of nitrogens with zero attached hydrogens (tertiary/aromatic N) is 3. The third-order valence-electron chi connectivity index (χ3n) is 6.69. The standard InChI is InChI=1S/C26H26F3N5O4/c27-26(28,29)25(37)38-22(35)15-34-10-8-16(9-11-34)18-6-7-21(20(12-18)17-4-2-1-3-5-17)33-24(36)23-31-14-19(13-30)32-23/h4,6-7,12,14,16H,1-3,5,8-11,15H2,(H,31,32)(H,33,36). The molecule has 2 aliphatic rings. The molecule has 2 aromatic rings. The van der Waals surface area contributed by atoms with E-state index in [0.717, 1.165) is 42.4 Å². The molecule has 12 heteroatoms. The summed E-state index contributed by atoms with van der Waals surface area (Å²) in [5.41, 5.74) is 3.87. The van der Waals surface area contributed by atoms with Crippen molar-refractivity contribution in [3.8, 4) is 6.07 Å². The molecule has 1 saturated heterocycles. The van der Waals surface area contributed by atoms with Crippen molar-refractivity contribution in [2.24, 2.45) is 0 Å². The molecule has 0 atom stereocenters. The van der Waals surface area contributed by atoms with Gasteiger partial charge < -0.3 is 15.0 Å². The molecular weight excluding hydrogens is 503 g/mol. The number of rotatable bonds is 6. The largest absolute Gasteiger partial charge is 0.491 e. The summed E-state index contributed by atoms with van der Waals surface area (Å²) in [5.74, 6) is -4.00. The lowest BCUT2D eigenvalue weighted by atomic mass is 9.85. The van der Waals surface area contributed by atoms with Gasteiger partial charge in [0, 0.05) is 17.4 Å². The number of likely N-dealkylation sites (tertiary alicyclic amines) is 1. The predicted molar refractivity (Wildman–Crippen MR) is 130 cm³/mol. The smallest absolute Gasteiger partial charge is 0.385 e. The molecule has 1 fully saturated rings. The molecule has 2 heterocycles. The molecule has 1 aliphatic carbocycles. The van der Waals surface area contributed by atoms with Gasteiger partial charge in [0.2, 0.25) is 0 Å². The Labute approximate surface area is 216 Å². The zero-order chi connectivity index (χ0) is 27.3. The third-order valence-corrected chi connectivity index (χ3v) is 6.69. The summed E-state index contributed by atoms with van der Waals surface area (Å²) in [6, 6.07) is 7.72. The molecule has 0 unspecified atom stereocenters. The van der Waals surface area contributed by atoms with Crippen molar-refractivity contribution in [3.63, 3.8) is 0 Å². The van der Waals surface area contributed by atoms with E-state index in [2.05, 4.69) is 32.2 Å². The quantitative estimate of drug-likeness (QED) is 0.422. The topological polar surface area (TPSA) is 128 Å². The van der Waals surface area contributed by atoms with Crippen LogP contribution < -0.4 is 5.32 Å². The highest BCUT2D eigenvalue weighted by atomic mass is 19.4. The number of carbonyl (C=O) groups is 3. The zero-order valence-corrected chi connectivity index (χ0v) is 20.4. The number of nitrogens with one attached hydrogen (secondary N) is 2. The second-order valence-electron chi connectivity index (χ2n) is 9.29. The van der Waals surface area contributed by atoms with Gasteiger partial charge in [-0.3, -0.25) is 14.5 Å². The van der Waals surface area contributed by atoms with Gasteiger partial charge in [0.1, 0.15) is 6.07 Å². The number of hydrogen-bond donors (Lipinski definition) is 2. The minimum absolute atomic E-state index is 0.0389. The molecule has 0 saturated carbocycles. The highest BCUT2D eigenvalue weighted by Crippen LogP contribution is 2.36. The van der Waals surface area contributed by atoms with Crippen LogP contribution in [0.25, 0.3) is 5.57 Å². The first-order valence-corrected chi connectivity index (χ1v) is 12.3. The average Bonchev–Trinajstić information content (AvgIpc) is 3.39. The van der Waals surface area contributed by atoms with Crippen molar-refractivity contribution < 1.29 is 32.3 Å². The van der Waals surface area contributed by atoms with Crippen LogP contribution in [0.1, 0.15) is 71.9 Å². The average molecular weight is 530 g/mol. The van der Waals surface area contributed by atoms with E-state index in [-0.39, 0.29) is 17.4 Å². The summed E-state index contributed by atoms with van der Waals surface area (Å²) >= 11 is 0. The first-order valence-electron chi connectivity index (χ1n) is 12.3. The van der Waals surface area contributed by atoms with Crippen LogP contribution in [0.2, 0.25) is 0 Å². The van der Waals surface area contributed by atoms with E-state index in [9.17, 15) is 27.6 Å². The number of imidazole rings is 1. The van der Waals surface area contributed by atoms with Crippen LogP contribution in [-0.4, -0.2) is 58.5 Å². The number of allylic oxidation sites excluding steroid dienone is 2. The number of carbonyl (C=O) groups excluding carboxylic acids is 3. The van der Waals surface area contributed by atoms with Crippen molar-refractivity contribution in [3.05, 3.63) is 53.1 Å². The Balaban J connectivity index is 1.44. The fourth-order valence-corrected chi connectivity index (χ4v) is 4.75. The molecule has 1 aliphatic heterocycles. The summed E-state index contributed by atoms with van der Waals surface area (Å²) in [6.07, 6.45) is 3.62. The highest BCUT2D eigenvalue weighted by molar-refractivity contribution is 6.03. The van der Waals surface area contributed by atoms with E-state index in [1.807, 2.05) is 18.2 Å². The summed E-state index contributed by atoms with van der Waals surface area (Å²) in [4.78, 5) is 43.7. The Kier molecular flexibility index (Phi) is 8.26. The number of esters is 2. The first kappa shape index (κ1) is 27.1. The van der Waals surface area contributed by atoms with Crippen molar-refractivity contribution in [2.75, 3.05) is 25.0 Å². The fourth-order valence-electron chi connectivity index (χ4n) is 4.75. The van der Waals surface area contributed by atoms with Crippen molar-refractivity contribution in [1.82, 2.24) is 14.9 Å². The minimum atomic E-state index is -5.21. The lowest BCUT2D eigenvalue weighted by molar-refractivity contribution is -0.202. The van der Waals surface area contributed by atoms with Gasteiger partial charge in [-0.25, -0.2) is 9.78 Å². The number of nitriles is 1. The summed E-state index contributed by atoms with van der Waals surface area (Å²) in [6.45, 7) is 0.518. The Morgan fingerprint density at radius 2 is 1.97 bits per heavy atom. The van der Waals surface area contributed by atoms with Crippen LogP contribution in [0.15, 0.2) is 30.5 Å². The van der Waals surface area contributed by atoms with Crippen LogP contribution in [0.5, 0.6) is 0 Å². The van der Waals surface area contributed by atoms with Gasteiger partial charge in [-0.05, 0) is 80.8 Å². The zero-order valence-electron chi connectivity index (χ0n) is 20.4. The van der Waals surface area contributed by atoms with E-state index in [1.54, 1.807) is 4.90 Å². The van der Waals surface area contributed by atoms with Crippen LogP contribution in [0, 0.1) is 11.3 Å². The van der Waals surface area contributed by atoms with Gasteiger partial charge in [-0.2, -0.15) is 18.4 Å². The Morgan fingerprint density at radius 3 is 2.61 bits per heavy atom. The molecule has 1 aromatic heterocycles. The van der Waals surface area contributed by atoms with Crippen molar-refractivity contribution >= 4 is 29.1 Å². The maximum absolute atomic E-state index is 12.8.